The highest BCUT2D eigenvalue weighted by Crippen LogP contribution is 2.29. The smallest absolute Gasteiger partial charge is 0.331 e. The van der Waals surface area contributed by atoms with E-state index in [1.54, 1.807) is 24.3 Å². The van der Waals surface area contributed by atoms with Crippen molar-refractivity contribution in [2.75, 3.05) is 18.5 Å². The maximum atomic E-state index is 12.2. The van der Waals surface area contributed by atoms with Crippen molar-refractivity contribution in [3.63, 3.8) is 0 Å². The molecule has 1 N–H and O–H groups in total. The number of anilines is 1. The van der Waals surface area contributed by atoms with Crippen LogP contribution in [0.15, 0.2) is 36.5 Å². The average Bonchev–Trinajstić information content (AvgIpc) is 2.73. The van der Waals surface area contributed by atoms with E-state index in [1.165, 1.54) is 25.3 Å². The third-order valence-corrected chi connectivity index (χ3v) is 4.35. The second-order valence-electron chi connectivity index (χ2n) is 6.37. The Bertz CT molecular complexity index is 949. The van der Waals surface area contributed by atoms with E-state index in [0.29, 0.717) is 29.7 Å². The zero-order chi connectivity index (χ0) is 22.8. The van der Waals surface area contributed by atoms with Gasteiger partial charge in [0.05, 0.1) is 23.3 Å². The molecule has 9 heteroatoms. The average molecular weight is 467 g/mol. The molecule has 1 heterocycles. The lowest BCUT2D eigenvalue weighted by atomic mass is 10.2. The van der Waals surface area contributed by atoms with Crippen molar-refractivity contribution >= 4 is 47.0 Å². The van der Waals surface area contributed by atoms with E-state index < -0.39 is 18.0 Å². The van der Waals surface area contributed by atoms with Gasteiger partial charge in [0.15, 0.2) is 23.4 Å². The number of carbonyl (C=O) groups excluding carboxylic acids is 2. The van der Waals surface area contributed by atoms with Crippen LogP contribution in [0.25, 0.3) is 6.08 Å². The highest BCUT2D eigenvalue weighted by atomic mass is 35.5. The maximum absolute atomic E-state index is 12.2. The normalized spacial score (nSPS) is 11.8. The van der Waals surface area contributed by atoms with Gasteiger partial charge in [-0.1, -0.05) is 36.2 Å². The molecular formula is C22H24Cl2N2O5. The Balaban J connectivity index is 1.97. The number of ether oxygens (including phenoxy) is 3. The quantitative estimate of drug-likeness (QED) is 0.384. The molecule has 7 nitrogen and oxygen atoms in total. The molecule has 2 rings (SSSR count). The number of halogens is 2. The number of amides is 1. The summed E-state index contributed by atoms with van der Waals surface area (Å²) in [5.41, 5.74) is 0.721. The minimum atomic E-state index is -1.06. The van der Waals surface area contributed by atoms with Crippen LogP contribution in [-0.2, 0) is 14.3 Å². The lowest BCUT2D eigenvalue weighted by Gasteiger charge is -2.13. The zero-order valence-electron chi connectivity index (χ0n) is 17.5. The largest absolute Gasteiger partial charge is 0.490 e. The molecule has 31 heavy (non-hydrogen) atoms. The molecule has 0 saturated heterocycles. The van der Waals surface area contributed by atoms with Crippen LogP contribution in [0.1, 0.15) is 32.8 Å². The number of aromatic nitrogens is 1. The fourth-order valence-corrected chi connectivity index (χ4v) is 2.81. The van der Waals surface area contributed by atoms with Gasteiger partial charge in [-0.05, 0) is 50.1 Å². The van der Waals surface area contributed by atoms with Gasteiger partial charge in [-0.2, -0.15) is 0 Å². The Morgan fingerprint density at radius 3 is 2.61 bits per heavy atom. The number of hydrogen-bond acceptors (Lipinski definition) is 6. The standard InChI is InChI=1S/C22H24Cl2N2O5/c1-4-10-30-18-8-6-15(11-19(18)29-5-2)7-9-20(27)31-14(3)22(28)26-21-17(24)12-16(23)13-25-21/h6-9,11-14H,4-5,10H2,1-3H3,(H,25,26,28). The molecule has 0 aliphatic rings. The topological polar surface area (TPSA) is 86.8 Å². The molecule has 1 aromatic carbocycles. The Hall–Kier alpha value is -2.77. The summed E-state index contributed by atoms with van der Waals surface area (Å²) in [7, 11) is 0. The first-order chi connectivity index (χ1) is 14.8. The van der Waals surface area contributed by atoms with Gasteiger partial charge in [0.25, 0.3) is 5.91 Å². The molecular weight excluding hydrogens is 443 g/mol. The molecule has 1 aromatic heterocycles. The minimum absolute atomic E-state index is 0.128. The van der Waals surface area contributed by atoms with E-state index in [1.807, 2.05) is 13.8 Å². The van der Waals surface area contributed by atoms with Gasteiger partial charge >= 0.3 is 5.97 Å². The summed E-state index contributed by atoms with van der Waals surface area (Å²) in [5, 5.41) is 3.00. The molecule has 0 spiro atoms. The first kappa shape index (κ1) is 24.5. The Morgan fingerprint density at radius 1 is 1.16 bits per heavy atom. The summed E-state index contributed by atoms with van der Waals surface area (Å²) in [5.74, 6) is 0.106. The monoisotopic (exact) mass is 466 g/mol. The van der Waals surface area contributed by atoms with Gasteiger partial charge < -0.3 is 19.5 Å². The van der Waals surface area contributed by atoms with Crippen LogP contribution in [0, 0.1) is 0 Å². The van der Waals surface area contributed by atoms with E-state index in [4.69, 9.17) is 37.4 Å². The molecule has 0 fully saturated rings. The van der Waals surface area contributed by atoms with Crippen LogP contribution in [-0.4, -0.2) is 36.2 Å². The van der Waals surface area contributed by atoms with Crippen molar-refractivity contribution in [1.82, 2.24) is 4.98 Å². The van der Waals surface area contributed by atoms with Gasteiger partial charge in [0.1, 0.15) is 0 Å². The lowest BCUT2D eigenvalue weighted by Crippen LogP contribution is -2.29. The van der Waals surface area contributed by atoms with E-state index in [0.717, 1.165) is 12.0 Å². The van der Waals surface area contributed by atoms with Gasteiger partial charge in [-0.25, -0.2) is 9.78 Å². The SMILES string of the molecule is CCCOc1ccc(C=CC(=O)OC(C)C(=O)Nc2ncc(Cl)cc2Cl)cc1OCC. The summed E-state index contributed by atoms with van der Waals surface area (Å²) in [6.45, 7) is 6.40. The summed E-state index contributed by atoms with van der Waals surface area (Å²) in [4.78, 5) is 28.3. The molecule has 0 radical (unpaired) electrons. The third-order valence-electron chi connectivity index (χ3n) is 3.85. The lowest BCUT2D eigenvalue weighted by molar-refractivity contribution is -0.148. The minimum Gasteiger partial charge on any atom is -0.490 e. The number of rotatable bonds is 10. The molecule has 1 atom stereocenters. The van der Waals surface area contributed by atoms with E-state index >= 15 is 0 Å². The van der Waals surface area contributed by atoms with Crippen LogP contribution in [0.3, 0.4) is 0 Å². The Morgan fingerprint density at radius 2 is 1.94 bits per heavy atom. The summed E-state index contributed by atoms with van der Waals surface area (Å²) < 4.78 is 16.4. The van der Waals surface area contributed by atoms with Crippen LogP contribution in [0.2, 0.25) is 10.0 Å². The van der Waals surface area contributed by atoms with E-state index in [2.05, 4.69) is 10.3 Å². The second kappa shape index (κ2) is 12.2. The van der Waals surface area contributed by atoms with E-state index in [-0.39, 0.29) is 10.8 Å². The number of hydrogen-bond donors (Lipinski definition) is 1. The maximum Gasteiger partial charge on any atom is 0.331 e. The molecule has 166 valence electrons. The molecule has 0 bridgehead atoms. The fraction of sp³-hybridized carbons (Fsp3) is 0.318. The van der Waals surface area contributed by atoms with Crippen molar-refractivity contribution in [2.45, 2.75) is 33.3 Å². The molecule has 1 unspecified atom stereocenters. The van der Waals surface area contributed by atoms with Gasteiger partial charge in [-0.3, -0.25) is 4.79 Å². The number of pyridine rings is 1. The van der Waals surface area contributed by atoms with E-state index in [9.17, 15) is 9.59 Å². The number of benzene rings is 1. The Labute approximate surface area is 191 Å². The number of nitrogens with one attached hydrogen (secondary N) is 1. The summed E-state index contributed by atoms with van der Waals surface area (Å²) in [6.07, 6.45) is 3.96. The van der Waals surface area contributed by atoms with Crippen molar-refractivity contribution in [2.24, 2.45) is 0 Å². The predicted molar refractivity (Wildman–Crippen MR) is 121 cm³/mol. The summed E-state index contributed by atoms with van der Waals surface area (Å²) >= 11 is 11.8. The van der Waals surface area contributed by atoms with Crippen LogP contribution in [0.5, 0.6) is 11.5 Å². The molecule has 2 aromatic rings. The van der Waals surface area contributed by atoms with Crippen molar-refractivity contribution in [3.8, 4) is 11.5 Å². The Kier molecular flexibility index (Phi) is 9.62. The highest BCUT2D eigenvalue weighted by Gasteiger charge is 2.18. The second-order valence-corrected chi connectivity index (χ2v) is 7.22. The predicted octanol–water partition coefficient (Wildman–Crippen LogP) is 5.16. The van der Waals surface area contributed by atoms with Crippen LogP contribution >= 0.6 is 23.2 Å². The molecule has 1 amide bonds. The zero-order valence-corrected chi connectivity index (χ0v) is 19.0. The van der Waals surface area contributed by atoms with Crippen molar-refractivity contribution in [1.29, 1.82) is 0 Å². The van der Waals surface area contributed by atoms with Crippen LogP contribution in [0.4, 0.5) is 5.82 Å². The van der Waals surface area contributed by atoms with Crippen molar-refractivity contribution < 1.29 is 23.8 Å². The number of nitrogens with zero attached hydrogens (tertiary/aromatic N) is 1. The fourth-order valence-electron chi connectivity index (χ4n) is 2.38. The van der Waals surface area contributed by atoms with Crippen LogP contribution < -0.4 is 14.8 Å². The first-order valence-electron chi connectivity index (χ1n) is 9.74. The third kappa shape index (κ3) is 7.77. The number of esters is 1. The van der Waals surface area contributed by atoms with Gasteiger partial charge in [-0.15, -0.1) is 0 Å². The molecule has 0 aliphatic carbocycles. The van der Waals surface area contributed by atoms with Gasteiger partial charge in [0, 0.05) is 12.3 Å². The molecule has 0 aliphatic heterocycles. The molecule has 0 saturated carbocycles. The number of carbonyl (C=O) groups is 2. The first-order valence-corrected chi connectivity index (χ1v) is 10.5. The van der Waals surface area contributed by atoms with Crippen molar-refractivity contribution in [3.05, 3.63) is 52.1 Å². The van der Waals surface area contributed by atoms with Gasteiger partial charge in [0.2, 0.25) is 0 Å². The summed E-state index contributed by atoms with van der Waals surface area (Å²) in [6, 6.07) is 6.79. The highest BCUT2D eigenvalue weighted by molar-refractivity contribution is 6.36.